The third-order valence-corrected chi connectivity index (χ3v) is 4.30. The zero-order chi connectivity index (χ0) is 13.6. The van der Waals surface area contributed by atoms with Crippen LogP contribution in [0.3, 0.4) is 0 Å². The number of rotatable bonds is 7. The Bertz CT molecular complexity index is 476. The van der Waals surface area contributed by atoms with Crippen molar-refractivity contribution in [1.82, 2.24) is 4.72 Å². The van der Waals surface area contributed by atoms with E-state index < -0.39 is 10.0 Å². The summed E-state index contributed by atoms with van der Waals surface area (Å²) in [5, 5.41) is 0. The molecule has 1 atom stereocenters. The Kier molecular flexibility index (Phi) is 5.91. The van der Waals surface area contributed by atoms with Gasteiger partial charge >= 0.3 is 0 Å². The van der Waals surface area contributed by atoms with Gasteiger partial charge in [-0.2, -0.15) is 0 Å². The van der Waals surface area contributed by atoms with Crippen molar-refractivity contribution in [3.05, 3.63) is 29.8 Å². The quantitative estimate of drug-likeness (QED) is 0.784. The predicted octanol–water partition coefficient (Wildman–Crippen LogP) is 2.30. The van der Waals surface area contributed by atoms with Crippen LogP contribution in [-0.2, 0) is 10.0 Å². The van der Waals surface area contributed by atoms with Gasteiger partial charge in [-0.25, -0.2) is 13.1 Å². The van der Waals surface area contributed by atoms with Gasteiger partial charge in [0, 0.05) is 11.9 Å². The van der Waals surface area contributed by atoms with Crippen molar-refractivity contribution in [2.24, 2.45) is 0 Å². The van der Waals surface area contributed by atoms with Gasteiger partial charge in [0.15, 0.2) is 0 Å². The van der Waals surface area contributed by atoms with Crippen molar-refractivity contribution < 1.29 is 13.2 Å². The summed E-state index contributed by atoms with van der Waals surface area (Å²) < 4.78 is 31.2. The molecule has 102 valence electrons. The maximum atomic E-state index is 11.7. The van der Waals surface area contributed by atoms with Crippen LogP contribution in [0, 0.1) is 0 Å². The lowest BCUT2D eigenvalue weighted by molar-refractivity contribution is 0.413. The van der Waals surface area contributed by atoms with Crippen LogP contribution in [0.2, 0.25) is 0 Å². The molecule has 0 aliphatic rings. The van der Waals surface area contributed by atoms with E-state index in [4.69, 9.17) is 16.3 Å². The Morgan fingerprint density at radius 3 is 2.78 bits per heavy atom. The molecule has 4 nitrogen and oxygen atoms in total. The van der Waals surface area contributed by atoms with E-state index in [-0.39, 0.29) is 11.8 Å². The molecule has 1 aromatic carbocycles. The van der Waals surface area contributed by atoms with E-state index in [0.717, 1.165) is 5.56 Å². The second kappa shape index (κ2) is 6.97. The molecule has 0 amide bonds. The van der Waals surface area contributed by atoms with Crippen LogP contribution < -0.4 is 9.46 Å². The fourth-order valence-electron chi connectivity index (χ4n) is 1.55. The molecule has 1 rings (SSSR count). The molecule has 1 N–H and O–H groups in total. The molecule has 0 radical (unpaired) electrons. The monoisotopic (exact) mass is 291 g/mol. The summed E-state index contributed by atoms with van der Waals surface area (Å²) >= 11 is 5.49. The molecule has 0 aliphatic heterocycles. The second-order valence-corrected chi connectivity index (χ2v) is 6.23. The summed E-state index contributed by atoms with van der Waals surface area (Å²) in [5.74, 6) is 1.10. The molecule has 0 fully saturated rings. The zero-order valence-electron chi connectivity index (χ0n) is 10.5. The molecule has 0 saturated heterocycles. The minimum atomic E-state index is -3.29. The highest BCUT2D eigenvalue weighted by molar-refractivity contribution is 7.89. The van der Waals surface area contributed by atoms with Gasteiger partial charge in [-0.3, -0.25) is 0 Å². The first-order valence-corrected chi connectivity index (χ1v) is 7.87. The van der Waals surface area contributed by atoms with E-state index in [0.29, 0.717) is 18.1 Å². The third-order valence-electron chi connectivity index (χ3n) is 2.50. The molecule has 0 unspecified atom stereocenters. The number of ether oxygens (including phenoxy) is 1. The van der Waals surface area contributed by atoms with Gasteiger partial charge in [-0.15, -0.1) is 11.6 Å². The number of hydrogen-bond donors (Lipinski definition) is 1. The molecule has 0 heterocycles. The van der Waals surface area contributed by atoms with Gasteiger partial charge in [0.1, 0.15) is 5.75 Å². The van der Waals surface area contributed by atoms with Crippen LogP contribution in [0.5, 0.6) is 5.75 Å². The van der Waals surface area contributed by atoms with Crippen molar-refractivity contribution in [3.63, 3.8) is 0 Å². The van der Waals surface area contributed by atoms with Crippen molar-refractivity contribution in [1.29, 1.82) is 0 Å². The molecule has 18 heavy (non-hydrogen) atoms. The minimum Gasteiger partial charge on any atom is -0.497 e. The lowest BCUT2D eigenvalue weighted by Crippen LogP contribution is -2.29. The number of halogens is 1. The van der Waals surface area contributed by atoms with Crippen molar-refractivity contribution in [2.45, 2.75) is 19.4 Å². The number of benzene rings is 1. The largest absolute Gasteiger partial charge is 0.497 e. The Labute approximate surface area is 113 Å². The van der Waals surface area contributed by atoms with Crippen LogP contribution >= 0.6 is 11.6 Å². The smallest absolute Gasteiger partial charge is 0.212 e. The number of alkyl halides is 1. The first-order chi connectivity index (χ1) is 8.48. The molecule has 0 spiro atoms. The van der Waals surface area contributed by atoms with E-state index >= 15 is 0 Å². The van der Waals surface area contributed by atoms with Gasteiger partial charge in [0.2, 0.25) is 10.0 Å². The predicted molar refractivity (Wildman–Crippen MR) is 73.7 cm³/mol. The topological polar surface area (TPSA) is 55.4 Å². The molecule has 0 bridgehead atoms. The van der Waals surface area contributed by atoms with Gasteiger partial charge in [-0.1, -0.05) is 12.1 Å². The number of nitrogens with one attached hydrogen (secondary N) is 1. The minimum absolute atomic E-state index is 0.0464. The summed E-state index contributed by atoms with van der Waals surface area (Å²) in [6, 6.07) is 7.03. The summed E-state index contributed by atoms with van der Waals surface area (Å²) in [5.41, 5.74) is 0.865. The number of hydrogen-bond acceptors (Lipinski definition) is 3. The summed E-state index contributed by atoms with van der Waals surface area (Å²) in [6.45, 7) is 1.80. The molecule has 0 saturated carbocycles. The van der Waals surface area contributed by atoms with E-state index in [9.17, 15) is 8.42 Å². The summed E-state index contributed by atoms with van der Waals surface area (Å²) in [4.78, 5) is 0. The first-order valence-electron chi connectivity index (χ1n) is 5.68. The summed E-state index contributed by atoms with van der Waals surface area (Å²) in [7, 11) is -1.71. The SMILES string of the molecule is COc1cccc([C@H](C)NS(=O)(=O)CCCCl)c1. The average molecular weight is 292 g/mol. The van der Waals surface area contributed by atoms with Crippen molar-refractivity contribution in [3.8, 4) is 5.75 Å². The number of methoxy groups -OCH3 is 1. The lowest BCUT2D eigenvalue weighted by Gasteiger charge is -2.15. The number of sulfonamides is 1. The van der Waals surface area contributed by atoms with E-state index in [1.807, 2.05) is 24.3 Å². The highest BCUT2D eigenvalue weighted by Crippen LogP contribution is 2.19. The Morgan fingerprint density at radius 1 is 1.44 bits per heavy atom. The van der Waals surface area contributed by atoms with Gasteiger partial charge < -0.3 is 4.74 Å². The van der Waals surface area contributed by atoms with Gasteiger partial charge in [0.05, 0.1) is 12.9 Å². The van der Waals surface area contributed by atoms with Crippen LogP contribution in [-0.4, -0.2) is 27.2 Å². The van der Waals surface area contributed by atoms with Crippen LogP contribution in [0.25, 0.3) is 0 Å². The Hall–Kier alpha value is -0.780. The van der Waals surface area contributed by atoms with E-state index in [1.54, 1.807) is 14.0 Å². The lowest BCUT2D eigenvalue weighted by atomic mass is 10.1. The van der Waals surface area contributed by atoms with Crippen molar-refractivity contribution >= 4 is 21.6 Å². The highest BCUT2D eigenvalue weighted by Gasteiger charge is 2.15. The second-order valence-electron chi connectivity index (χ2n) is 3.98. The molecule has 1 aromatic rings. The molecule has 0 aromatic heterocycles. The third kappa shape index (κ3) is 4.84. The van der Waals surface area contributed by atoms with Crippen molar-refractivity contribution in [2.75, 3.05) is 18.7 Å². The summed E-state index contributed by atoms with van der Waals surface area (Å²) in [6.07, 6.45) is 0.446. The van der Waals surface area contributed by atoms with E-state index in [1.165, 1.54) is 0 Å². The molecular formula is C12H18ClNO3S. The molecule has 6 heteroatoms. The van der Waals surface area contributed by atoms with Crippen LogP contribution in [0.15, 0.2) is 24.3 Å². The standard InChI is InChI=1S/C12H18ClNO3S/c1-10(14-18(15,16)8-4-7-13)11-5-3-6-12(9-11)17-2/h3,5-6,9-10,14H,4,7-8H2,1-2H3/t10-/m0/s1. The normalized spacial score (nSPS) is 13.3. The Balaban J connectivity index is 2.72. The van der Waals surface area contributed by atoms with Crippen LogP contribution in [0.4, 0.5) is 0 Å². The first kappa shape index (κ1) is 15.3. The Morgan fingerprint density at radius 2 is 2.17 bits per heavy atom. The fourth-order valence-corrected chi connectivity index (χ4v) is 3.16. The molecule has 0 aliphatic carbocycles. The van der Waals surface area contributed by atoms with Crippen LogP contribution in [0.1, 0.15) is 24.9 Å². The fraction of sp³-hybridized carbons (Fsp3) is 0.500. The highest BCUT2D eigenvalue weighted by atomic mass is 35.5. The average Bonchev–Trinajstić information content (AvgIpc) is 2.36. The maximum absolute atomic E-state index is 11.7. The van der Waals surface area contributed by atoms with E-state index in [2.05, 4.69) is 4.72 Å². The van der Waals surface area contributed by atoms with Gasteiger partial charge in [0.25, 0.3) is 0 Å². The maximum Gasteiger partial charge on any atom is 0.212 e. The zero-order valence-corrected chi connectivity index (χ0v) is 12.1. The molecular weight excluding hydrogens is 274 g/mol. The van der Waals surface area contributed by atoms with Gasteiger partial charge in [-0.05, 0) is 31.0 Å².